The summed E-state index contributed by atoms with van der Waals surface area (Å²) in [5.41, 5.74) is 0. The average Bonchev–Trinajstić information content (AvgIpc) is 2.30. The molecule has 0 atom stereocenters. The Morgan fingerprint density at radius 3 is 2.05 bits per heavy atom. The minimum absolute atomic E-state index is 0. The molecule has 0 saturated heterocycles. The van der Waals surface area contributed by atoms with Crippen molar-refractivity contribution in [2.24, 2.45) is 5.92 Å². The van der Waals surface area contributed by atoms with Gasteiger partial charge in [-0.2, -0.15) is 0 Å². The molecule has 118 valence electrons. The molecule has 21 heavy (non-hydrogen) atoms. The second-order valence-electron chi connectivity index (χ2n) is 4.85. The zero-order chi connectivity index (χ0) is 16.0. The van der Waals surface area contributed by atoms with Crippen LogP contribution in [0.5, 0.6) is 0 Å². The topological polar surface area (TPSA) is 104 Å². The predicted molar refractivity (Wildman–Crippen MR) is 71.8 cm³/mol. The van der Waals surface area contributed by atoms with Crippen molar-refractivity contribution >= 4 is 17.9 Å². The van der Waals surface area contributed by atoms with E-state index in [1.165, 1.54) is 6.42 Å². The van der Waals surface area contributed by atoms with Crippen molar-refractivity contribution in [1.82, 2.24) is 0 Å². The Kier molecular flexibility index (Phi) is 21.1. The predicted octanol–water partition coefficient (Wildman–Crippen LogP) is -1.63. The number of ether oxygens (including phenoxy) is 1. The fourth-order valence-electron chi connectivity index (χ4n) is 1.30. The summed E-state index contributed by atoms with van der Waals surface area (Å²) in [7, 11) is 0. The fraction of sp³-hybridized carbons (Fsp3) is 0.786. The zero-order valence-electron chi connectivity index (χ0n) is 13.5. The van der Waals surface area contributed by atoms with Gasteiger partial charge in [0, 0.05) is 5.97 Å². The minimum Gasteiger partial charge on any atom is -0.550 e. The van der Waals surface area contributed by atoms with Gasteiger partial charge in [0.25, 0.3) is 0 Å². The smallest absolute Gasteiger partial charge is 0.550 e. The van der Waals surface area contributed by atoms with Crippen LogP contribution in [0.2, 0.25) is 0 Å². The molecule has 0 fully saturated rings. The second-order valence-corrected chi connectivity index (χ2v) is 4.85. The summed E-state index contributed by atoms with van der Waals surface area (Å²) in [4.78, 5) is 30.1. The Morgan fingerprint density at radius 1 is 1.10 bits per heavy atom. The molecule has 7 heteroatoms. The quantitative estimate of drug-likeness (QED) is 0.311. The van der Waals surface area contributed by atoms with Crippen LogP contribution < -0.4 is 34.7 Å². The summed E-state index contributed by atoms with van der Waals surface area (Å²) in [5.74, 6) is -1.74. The molecule has 0 amide bonds. The molecule has 0 heterocycles. The van der Waals surface area contributed by atoms with Crippen LogP contribution in [0.25, 0.3) is 0 Å². The Morgan fingerprint density at radius 2 is 1.62 bits per heavy atom. The normalized spacial score (nSPS) is 9.14. The number of carboxylic acids is 2. The number of carbonyl (C=O) groups is 3. The van der Waals surface area contributed by atoms with Gasteiger partial charge in [0.05, 0.1) is 19.4 Å². The largest absolute Gasteiger partial charge is 1.00 e. The van der Waals surface area contributed by atoms with E-state index in [1.54, 1.807) is 0 Å². The maximum absolute atomic E-state index is 11.0. The van der Waals surface area contributed by atoms with Crippen LogP contribution in [-0.2, 0) is 19.1 Å². The molecule has 0 rings (SSSR count). The van der Waals surface area contributed by atoms with Crippen molar-refractivity contribution in [3.8, 4) is 0 Å². The third kappa shape index (κ3) is 32.7. The number of aliphatic carboxylic acids is 2. The molecule has 0 aliphatic carbocycles. The molecule has 0 spiro atoms. The molecule has 6 nitrogen and oxygen atoms in total. The van der Waals surface area contributed by atoms with Gasteiger partial charge in [-0.3, -0.25) is 9.59 Å². The van der Waals surface area contributed by atoms with Crippen molar-refractivity contribution in [3.63, 3.8) is 0 Å². The molecule has 0 aromatic carbocycles. The van der Waals surface area contributed by atoms with Crippen molar-refractivity contribution < 1.29 is 58.9 Å². The third-order valence-corrected chi connectivity index (χ3v) is 2.23. The number of unbranched alkanes of at least 4 members (excludes halogenated alkanes) is 2. The van der Waals surface area contributed by atoms with Crippen LogP contribution in [0.1, 0.15) is 59.3 Å². The van der Waals surface area contributed by atoms with Gasteiger partial charge in [0.2, 0.25) is 0 Å². The molecule has 1 N–H and O–H groups in total. The van der Waals surface area contributed by atoms with Crippen molar-refractivity contribution in [3.05, 3.63) is 0 Å². The molecule has 0 unspecified atom stereocenters. The summed E-state index contributed by atoms with van der Waals surface area (Å²) in [6.07, 6.45) is 4.11. The molecule has 0 aliphatic heterocycles. The maximum atomic E-state index is 11.0. The standard InChI is InChI=1S/C12H22O4.C2H4O2.Na/c1-10(2)6-4-3-5-9-16-12(15)8-7-11(13)14;1-2(3)4;/h10H,3-9H2,1-2H3,(H,13,14);1H3,(H,3,4);/q;;+1/p-1. The molecule has 0 aromatic rings. The summed E-state index contributed by atoms with van der Waals surface area (Å²) in [5, 5.41) is 17.2. The first kappa shape index (κ1) is 25.4. The summed E-state index contributed by atoms with van der Waals surface area (Å²) in [6.45, 7) is 5.76. The molecule has 0 aliphatic rings. The van der Waals surface area contributed by atoms with E-state index in [0.717, 1.165) is 32.1 Å². The Hall–Kier alpha value is -0.590. The summed E-state index contributed by atoms with van der Waals surface area (Å²) in [6, 6.07) is 0. The summed E-state index contributed by atoms with van der Waals surface area (Å²) >= 11 is 0. The number of hydrogen-bond acceptors (Lipinski definition) is 5. The second kappa shape index (κ2) is 17.5. The van der Waals surface area contributed by atoms with Gasteiger partial charge in [-0.25, -0.2) is 0 Å². The first-order chi connectivity index (χ1) is 9.25. The maximum Gasteiger partial charge on any atom is 1.00 e. The summed E-state index contributed by atoms with van der Waals surface area (Å²) < 4.78 is 4.90. The average molecular weight is 312 g/mol. The number of rotatable bonds is 9. The number of carbonyl (C=O) groups excluding carboxylic acids is 2. The number of esters is 1. The molecule has 0 aromatic heterocycles. The molecule has 0 saturated carbocycles. The van der Waals surface area contributed by atoms with Gasteiger partial charge in [0.1, 0.15) is 0 Å². The first-order valence-corrected chi connectivity index (χ1v) is 6.80. The van der Waals surface area contributed by atoms with Gasteiger partial charge in [-0.1, -0.05) is 33.1 Å². The SMILES string of the molecule is CC(=O)[O-].CC(C)CCCCCOC(=O)CCC(=O)O.[Na+]. The van der Waals surface area contributed by atoms with Gasteiger partial charge in [-0.15, -0.1) is 0 Å². The zero-order valence-corrected chi connectivity index (χ0v) is 15.5. The van der Waals surface area contributed by atoms with E-state index in [9.17, 15) is 9.59 Å². The van der Waals surface area contributed by atoms with Gasteiger partial charge in [-0.05, 0) is 19.3 Å². The minimum atomic E-state index is -1.08. The number of carboxylic acid groups (broad SMARTS) is 2. The molecule has 0 bridgehead atoms. The fourth-order valence-corrected chi connectivity index (χ4v) is 1.30. The van der Waals surface area contributed by atoms with E-state index in [0.29, 0.717) is 6.61 Å². The van der Waals surface area contributed by atoms with Crippen molar-refractivity contribution in [2.75, 3.05) is 6.61 Å². The van der Waals surface area contributed by atoms with Crippen LogP contribution in [0, 0.1) is 5.92 Å². The van der Waals surface area contributed by atoms with E-state index in [1.807, 2.05) is 0 Å². The van der Waals surface area contributed by atoms with Crippen LogP contribution in [0.3, 0.4) is 0 Å². The van der Waals surface area contributed by atoms with E-state index >= 15 is 0 Å². The Bertz CT molecular complexity index is 287. The van der Waals surface area contributed by atoms with Crippen molar-refractivity contribution in [2.45, 2.75) is 59.3 Å². The Labute approximate surface area is 148 Å². The third-order valence-electron chi connectivity index (χ3n) is 2.23. The van der Waals surface area contributed by atoms with Crippen LogP contribution in [0.15, 0.2) is 0 Å². The van der Waals surface area contributed by atoms with Gasteiger partial charge >= 0.3 is 41.5 Å². The number of hydrogen-bond donors (Lipinski definition) is 1. The van der Waals surface area contributed by atoms with Crippen LogP contribution in [0.4, 0.5) is 0 Å². The van der Waals surface area contributed by atoms with E-state index in [4.69, 9.17) is 19.7 Å². The van der Waals surface area contributed by atoms with E-state index in [2.05, 4.69) is 13.8 Å². The van der Waals surface area contributed by atoms with Crippen molar-refractivity contribution in [1.29, 1.82) is 0 Å². The molecule has 0 radical (unpaired) electrons. The first-order valence-electron chi connectivity index (χ1n) is 6.80. The van der Waals surface area contributed by atoms with Gasteiger partial charge in [0.15, 0.2) is 0 Å². The molecular weight excluding hydrogens is 287 g/mol. The molecular formula is C14H25NaO6. The van der Waals surface area contributed by atoms with Crippen LogP contribution in [-0.4, -0.2) is 29.6 Å². The van der Waals surface area contributed by atoms with Gasteiger partial charge < -0.3 is 19.7 Å². The monoisotopic (exact) mass is 312 g/mol. The Balaban J connectivity index is -0.000000572. The van der Waals surface area contributed by atoms with E-state index < -0.39 is 17.9 Å². The van der Waals surface area contributed by atoms with E-state index in [-0.39, 0.29) is 42.4 Å². The van der Waals surface area contributed by atoms with Crippen LogP contribution >= 0.6 is 0 Å².